The van der Waals surface area contributed by atoms with Gasteiger partial charge in [-0.05, 0) is 32.3 Å². The molecule has 1 amide bonds. The summed E-state index contributed by atoms with van der Waals surface area (Å²) in [6, 6.07) is 11.0. The molecule has 2 atom stereocenters. The molecule has 0 bridgehead atoms. The number of carbonyl (C=O) groups is 1. The molecule has 0 saturated carbocycles. The molecule has 0 aliphatic carbocycles. The van der Waals surface area contributed by atoms with E-state index in [1.807, 2.05) is 13.0 Å². The van der Waals surface area contributed by atoms with Crippen LogP contribution in [0.5, 0.6) is 0 Å². The zero-order chi connectivity index (χ0) is 17.1. The van der Waals surface area contributed by atoms with Crippen molar-refractivity contribution in [2.45, 2.75) is 45.7 Å². The maximum atomic E-state index is 12.6. The number of nitrogens with one attached hydrogen (secondary N) is 1. The van der Waals surface area contributed by atoms with Gasteiger partial charge >= 0.3 is 0 Å². The van der Waals surface area contributed by atoms with Crippen LogP contribution in [0.1, 0.15) is 53.7 Å². The Labute approximate surface area is 143 Å². The van der Waals surface area contributed by atoms with Gasteiger partial charge in [0.25, 0.3) is 5.91 Å². The topological polar surface area (TPSA) is 58.4 Å². The molecule has 0 spiro atoms. The first-order valence-electron chi connectivity index (χ1n) is 8.65. The van der Waals surface area contributed by atoms with Crippen LogP contribution < -0.4 is 5.32 Å². The van der Waals surface area contributed by atoms with E-state index < -0.39 is 0 Å². The lowest BCUT2D eigenvalue weighted by atomic mass is 10.1. The summed E-state index contributed by atoms with van der Waals surface area (Å²) in [5.41, 5.74) is 2.65. The van der Waals surface area contributed by atoms with Crippen LogP contribution in [-0.4, -0.2) is 35.1 Å². The third-order valence-corrected chi connectivity index (χ3v) is 4.88. The van der Waals surface area contributed by atoms with Crippen molar-refractivity contribution in [1.29, 1.82) is 0 Å². The first kappa shape index (κ1) is 16.7. The average molecular weight is 327 g/mol. The van der Waals surface area contributed by atoms with Gasteiger partial charge in [0.05, 0.1) is 5.69 Å². The maximum absolute atomic E-state index is 12.6. The molecule has 3 rings (SSSR count). The lowest BCUT2D eigenvalue weighted by molar-refractivity contribution is 0.0934. The summed E-state index contributed by atoms with van der Waals surface area (Å²) in [6.07, 6.45) is 1.66. The van der Waals surface area contributed by atoms with E-state index in [1.54, 1.807) is 6.92 Å². The molecule has 0 unspecified atom stereocenters. The van der Waals surface area contributed by atoms with Gasteiger partial charge in [0.2, 0.25) is 0 Å². The van der Waals surface area contributed by atoms with Crippen LogP contribution in [0.15, 0.2) is 34.9 Å². The van der Waals surface area contributed by atoms with Gasteiger partial charge in [-0.1, -0.05) is 42.4 Å². The van der Waals surface area contributed by atoms with Crippen molar-refractivity contribution in [3.8, 4) is 0 Å². The summed E-state index contributed by atoms with van der Waals surface area (Å²) in [5, 5.41) is 7.12. The molecule has 128 valence electrons. The average Bonchev–Trinajstić information content (AvgIpc) is 3.21. The van der Waals surface area contributed by atoms with Crippen molar-refractivity contribution in [3.63, 3.8) is 0 Å². The van der Waals surface area contributed by atoms with Crippen LogP contribution in [-0.2, 0) is 6.42 Å². The standard InChI is InChI=1S/C19H25N3O2/c1-4-17-18(14(3)24-21-17)19(23)20-16-10-11-22(12-16)13(2)15-8-6-5-7-9-15/h5-9,13,16H,4,10-12H2,1-3H3,(H,20,23)/t13-,16+/m0/s1. The van der Waals surface area contributed by atoms with E-state index in [9.17, 15) is 4.79 Å². The SMILES string of the molecule is CCc1noc(C)c1C(=O)N[C@@H]1CCN([C@@H](C)c2ccccc2)C1. The van der Waals surface area contributed by atoms with Crippen LogP contribution in [0.2, 0.25) is 0 Å². The van der Waals surface area contributed by atoms with E-state index in [0.717, 1.165) is 25.2 Å². The van der Waals surface area contributed by atoms with E-state index >= 15 is 0 Å². The highest BCUT2D eigenvalue weighted by Gasteiger charge is 2.29. The van der Waals surface area contributed by atoms with E-state index in [2.05, 4.69) is 46.6 Å². The fourth-order valence-corrected chi connectivity index (χ4v) is 3.41. The zero-order valence-corrected chi connectivity index (χ0v) is 14.6. The fraction of sp³-hybridized carbons (Fsp3) is 0.474. The van der Waals surface area contributed by atoms with Crippen molar-refractivity contribution in [2.24, 2.45) is 0 Å². The fourth-order valence-electron chi connectivity index (χ4n) is 3.41. The molecule has 1 fully saturated rings. The number of amides is 1. The largest absolute Gasteiger partial charge is 0.361 e. The van der Waals surface area contributed by atoms with Crippen molar-refractivity contribution in [3.05, 3.63) is 52.9 Å². The summed E-state index contributed by atoms with van der Waals surface area (Å²) in [7, 11) is 0. The second kappa shape index (κ2) is 7.18. The Bertz CT molecular complexity index is 696. The molecule has 2 heterocycles. The van der Waals surface area contributed by atoms with Gasteiger partial charge in [-0.15, -0.1) is 0 Å². The molecule has 2 aromatic rings. The summed E-state index contributed by atoms with van der Waals surface area (Å²) in [4.78, 5) is 15.0. The number of likely N-dealkylation sites (tertiary alicyclic amines) is 1. The molecular weight excluding hydrogens is 302 g/mol. The van der Waals surface area contributed by atoms with E-state index in [0.29, 0.717) is 23.8 Å². The Morgan fingerprint density at radius 1 is 1.42 bits per heavy atom. The molecule has 1 saturated heterocycles. The third-order valence-electron chi connectivity index (χ3n) is 4.88. The smallest absolute Gasteiger partial charge is 0.257 e. The van der Waals surface area contributed by atoms with Gasteiger partial charge in [-0.2, -0.15) is 0 Å². The van der Waals surface area contributed by atoms with Crippen LogP contribution in [0.4, 0.5) is 0 Å². The summed E-state index contributed by atoms with van der Waals surface area (Å²) in [6.45, 7) is 7.85. The molecule has 5 nitrogen and oxygen atoms in total. The predicted molar refractivity (Wildman–Crippen MR) is 92.9 cm³/mol. The minimum Gasteiger partial charge on any atom is -0.361 e. The highest BCUT2D eigenvalue weighted by Crippen LogP contribution is 2.25. The van der Waals surface area contributed by atoms with Crippen molar-refractivity contribution < 1.29 is 9.32 Å². The molecule has 1 N–H and O–H groups in total. The minimum absolute atomic E-state index is 0.0650. The van der Waals surface area contributed by atoms with Crippen molar-refractivity contribution in [1.82, 2.24) is 15.4 Å². The number of benzene rings is 1. The Kier molecular flexibility index (Phi) is 5.00. The predicted octanol–water partition coefficient (Wildman–Crippen LogP) is 3.11. The van der Waals surface area contributed by atoms with Crippen molar-refractivity contribution >= 4 is 5.91 Å². The Balaban J connectivity index is 1.62. The second-order valence-corrected chi connectivity index (χ2v) is 6.45. The summed E-state index contributed by atoms with van der Waals surface area (Å²) >= 11 is 0. The van der Waals surface area contributed by atoms with E-state index in [1.165, 1.54) is 5.56 Å². The summed E-state index contributed by atoms with van der Waals surface area (Å²) < 4.78 is 5.17. The molecule has 1 aliphatic rings. The lowest BCUT2D eigenvalue weighted by Crippen LogP contribution is -2.38. The highest BCUT2D eigenvalue weighted by atomic mass is 16.5. The number of nitrogens with zero attached hydrogens (tertiary/aromatic N) is 2. The quantitative estimate of drug-likeness (QED) is 0.917. The number of hydrogen-bond donors (Lipinski definition) is 1. The summed E-state index contributed by atoms with van der Waals surface area (Å²) in [5.74, 6) is 0.529. The first-order chi connectivity index (χ1) is 11.6. The highest BCUT2D eigenvalue weighted by molar-refractivity contribution is 5.96. The second-order valence-electron chi connectivity index (χ2n) is 6.45. The molecule has 1 aromatic heterocycles. The minimum atomic E-state index is -0.0650. The van der Waals surface area contributed by atoms with E-state index in [-0.39, 0.29) is 11.9 Å². The van der Waals surface area contributed by atoms with Gasteiger partial charge in [-0.3, -0.25) is 9.69 Å². The number of carbonyl (C=O) groups excluding carboxylic acids is 1. The van der Waals surface area contributed by atoms with Gasteiger partial charge in [0.15, 0.2) is 0 Å². The molecule has 5 heteroatoms. The maximum Gasteiger partial charge on any atom is 0.257 e. The first-order valence-corrected chi connectivity index (χ1v) is 8.65. The Morgan fingerprint density at radius 3 is 2.88 bits per heavy atom. The number of aromatic nitrogens is 1. The van der Waals surface area contributed by atoms with Gasteiger partial charge < -0.3 is 9.84 Å². The van der Waals surface area contributed by atoms with Crippen LogP contribution in [0.3, 0.4) is 0 Å². The van der Waals surface area contributed by atoms with Gasteiger partial charge in [0, 0.05) is 25.2 Å². The zero-order valence-electron chi connectivity index (χ0n) is 14.6. The monoisotopic (exact) mass is 327 g/mol. The number of aryl methyl sites for hydroxylation is 2. The van der Waals surface area contributed by atoms with Crippen molar-refractivity contribution in [2.75, 3.05) is 13.1 Å². The lowest BCUT2D eigenvalue weighted by Gasteiger charge is -2.24. The van der Waals surface area contributed by atoms with Crippen LogP contribution >= 0.6 is 0 Å². The molecule has 0 radical (unpaired) electrons. The molecular formula is C19H25N3O2. The molecule has 1 aliphatic heterocycles. The van der Waals surface area contributed by atoms with Crippen LogP contribution in [0.25, 0.3) is 0 Å². The Hall–Kier alpha value is -2.14. The molecule has 1 aromatic carbocycles. The Morgan fingerprint density at radius 2 is 2.17 bits per heavy atom. The van der Waals surface area contributed by atoms with Gasteiger partial charge in [-0.25, -0.2) is 0 Å². The normalized spacial score (nSPS) is 19.4. The van der Waals surface area contributed by atoms with E-state index in [4.69, 9.17) is 4.52 Å². The van der Waals surface area contributed by atoms with Crippen LogP contribution in [0, 0.1) is 6.92 Å². The number of rotatable bonds is 5. The molecule has 24 heavy (non-hydrogen) atoms. The number of hydrogen-bond acceptors (Lipinski definition) is 4. The third kappa shape index (κ3) is 3.36. The van der Waals surface area contributed by atoms with Gasteiger partial charge in [0.1, 0.15) is 11.3 Å².